The lowest BCUT2D eigenvalue weighted by Gasteiger charge is -2.40. The number of benzene rings is 2. The number of hydrogen-bond donors (Lipinski definition) is 8. The van der Waals surface area contributed by atoms with Gasteiger partial charge in [0.15, 0.2) is 0 Å². The van der Waals surface area contributed by atoms with Gasteiger partial charge < -0.3 is 42.5 Å². The quantitative estimate of drug-likeness (QED) is 0.0345. The molecule has 1 aliphatic rings. The standard InChI is InChI=1S/C54H80N10O11S/c1-33(2)40(63(12)51(72)46(53(6,7)8)61-50(71)45(56-11)54(9,10)36-20-15-13-16-21-36)32-35(5)47(68)62-76(74,75)38-26-24-37(25-27-38)58-48(69)39(22-19-30-57-52(55)73)59-49(70)44(34(3)4)60-41(65)23-17-14-18-31-64-42(66)28-29-43(64)67/h13,15-16,20-21,24-29,32-34,39-40,44-46,56H,14,17-19,22-23,30-31H2,1-12H3,(H,58,69)(H,59,70)(H,60,65)(H,61,71)(H,62,68)(H3,55,57,73)/b35-32+. The second kappa shape index (κ2) is 28.3. The fraction of sp³-hybridized carbons (Fsp3) is 0.537. The highest BCUT2D eigenvalue weighted by molar-refractivity contribution is 7.90. The molecule has 0 aromatic heterocycles. The van der Waals surface area contributed by atoms with E-state index in [0.717, 1.165) is 10.5 Å². The number of likely N-dealkylation sites (N-methyl/N-ethyl adjacent to an activating group) is 2. The molecule has 10 amide bonds. The predicted molar refractivity (Wildman–Crippen MR) is 289 cm³/mol. The molecule has 21 nitrogen and oxygen atoms in total. The number of hydrogen-bond acceptors (Lipinski definition) is 12. The zero-order chi connectivity index (χ0) is 57.3. The summed E-state index contributed by atoms with van der Waals surface area (Å²) in [6, 6.07) is 9.09. The molecule has 2 aromatic rings. The Morgan fingerprint density at radius 2 is 1.36 bits per heavy atom. The lowest BCUT2D eigenvalue weighted by atomic mass is 9.76. The van der Waals surface area contributed by atoms with Gasteiger partial charge in [0, 0.05) is 55.4 Å². The van der Waals surface area contributed by atoms with Gasteiger partial charge in [0.1, 0.15) is 18.1 Å². The smallest absolute Gasteiger partial charge is 0.312 e. The Balaban J connectivity index is 1.71. The van der Waals surface area contributed by atoms with Crippen molar-refractivity contribution in [2.24, 2.45) is 23.0 Å². The minimum Gasteiger partial charge on any atom is -0.352 e. The van der Waals surface area contributed by atoms with E-state index in [4.69, 9.17) is 5.73 Å². The van der Waals surface area contributed by atoms with Crippen LogP contribution in [0.4, 0.5) is 10.5 Å². The maximum atomic E-state index is 14.4. The van der Waals surface area contributed by atoms with Crippen molar-refractivity contribution in [1.29, 1.82) is 0 Å². The van der Waals surface area contributed by atoms with Crippen LogP contribution >= 0.6 is 0 Å². The largest absolute Gasteiger partial charge is 0.352 e. The second-order valence-electron chi connectivity index (χ2n) is 21.4. The number of carbonyl (C=O) groups is 9. The summed E-state index contributed by atoms with van der Waals surface area (Å²) < 4.78 is 29.2. The van der Waals surface area contributed by atoms with Gasteiger partial charge in [-0.1, -0.05) is 105 Å². The first-order valence-corrected chi connectivity index (χ1v) is 27.0. The molecule has 76 heavy (non-hydrogen) atoms. The average molecular weight is 1080 g/mol. The molecule has 0 fully saturated rings. The summed E-state index contributed by atoms with van der Waals surface area (Å²) in [6.07, 6.45) is 5.69. The molecule has 2 aromatic carbocycles. The van der Waals surface area contributed by atoms with Gasteiger partial charge in [0.2, 0.25) is 29.5 Å². The predicted octanol–water partition coefficient (Wildman–Crippen LogP) is 3.52. The first-order valence-electron chi connectivity index (χ1n) is 25.6. The van der Waals surface area contributed by atoms with Gasteiger partial charge in [-0.2, -0.15) is 0 Å². The van der Waals surface area contributed by atoms with E-state index >= 15 is 0 Å². The SMILES string of the molecule is CNC(C(=O)NC(C(=O)N(C)C(/C=C(\C)C(=O)NS(=O)(=O)c1ccc(NC(=O)C(CCCNC(N)=O)NC(=O)C(NC(=O)CCCCCN2C(=O)C=CC2=O)C(C)C)cc1)C(C)C)C(C)(C)C)C(C)(C)c1ccccc1. The van der Waals surface area contributed by atoms with Crippen molar-refractivity contribution in [3.05, 3.63) is 84.0 Å². The van der Waals surface area contributed by atoms with E-state index in [2.05, 4.69) is 36.6 Å². The maximum Gasteiger partial charge on any atom is 0.312 e. The van der Waals surface area contributed by atoms with E-state index in [9.17, 15) is 51.6 Å². The van der Waals surface area contributed by atoms with E-state index in [1.807, 2.05) is 78.8 Å². The number of anilines is 1. The summed E-state index contributed by atoms with van der Waals surface area (Å²) >= 11 is 0. The van der Waals surface area contributed by atoms with Gasteiger partial charge >= 0.3 is 6.03 Å². The molecule has 5 unspecified atom stereocenters. The number of primary amides is 1. The summed E-state index contributed by atoms with van der Waals surface area (Å²) in [4.78, 5) is 119. The van der Waals surface area contributed by atoms with E-state index in [1.54, 1.807) is 27.9 Å². The van der Waals surface area contributed by atoms with Crippen LogP contribution in [0.2, 0.25) is 0 Å². The van der Waals surface area contributed by atoms with Crippen LogP contribution in [0.3, 0.4) is 0 Å². The van der Waals surface area contributed by atoms with Crippen molar-refractivity contribution in [2.45, 2.75) is 148 Å². The normalized spacial score (nSPS) is 15.1. The molecule has 3 rings (SSSR count). The summed E-state index contributed by atoms with van der Waals surface area (Å²) in [7, 11) is -1.23. The molecular formula is C54H80N10O11S. The van der Waals surface area contributed by atoms with Crippen molar-refractivity contribution in [3.63, 3.8) is 0 Å². The number of nitrogens with two attached hydrogens (primary N) is 1. The van der Waals surface area contributed by atoms with Crippen LogP contribution in [0.1, 0.15) is 113 Å². The Bertz CT molecular complexity index is 2560. The van der Waals surface area contributed by atoms with Crippen molar-refractivity contribution in [2.75, 3.05) is 32.5 Å². The van der Waals surface area contributed by atoms with Crippen molar-refractivity contribution in [1.82, 2.24) is 41.1 Å². The number of imide groups is 1. The van der Waals surface area contributed by atoms with Crippen LogP contribution in [-0.2, 0) is 53.8 Å². The fourth-order valence-corrected chi connectivity index (χ4v) is 9.60. The van der Waals surface area contributed by atoms with Crippen LogP contribution in [0.5, 0.6) is 0 Å². The molecule has 0 aliphatic carbocycles. The monoisotopic (exact) mass is 1080 g/mol. The molecule has 0 radical (unpaired) electrons. The Hall–Kier alpha value is -6.94. The average Bonchev–Trinajstić information content (AvgIpc) is 3.66. The maximum absolute atomic E-state index is 14.4. The van der Waals surface area contributed by atoms with Crippen LogP contribution in [0, 0.1) is 17.3 Å². The van der Waals surface area contributed by atoms with E-state index in [0.29, 0.717) is 19.3 Å². The molecule has 0 bridgehead atoms. The molecule has 22 heteroatoms. The first kappa shape index (κ1) is 63.4. The van der Waals surface area contributed by atoms with Crippen molar-refractivity contribution >= 4 is 69.0 Å². The molecular weight excluding hydrogens is 997 g/mol. The number of rotatable bonds is 28. The van der Waals surface area contributed by atoms with E-state index < -0.39 is 92.5 Å². The molecule has 0 saturated carbocycles. The van der Waals surface area contributed by atoms with Gasteiger partial charge in [0.25, 0.3) is 27.7 Å². The zero-order valence-electron chi connectivity index (χ0n) is 46.0. The lowest BCUT2D eigenvalue weighted by Crippen LogP contribution is -2.61. The second-order valence-corrected chi connectivity index (χ2v) is 23.0. The van der Waals surface area contributed by atoms with Crippen LogP contribution in [0.15, 0.2) is 83.3 Å². The van der Waals surface area contributed by atoms with Crippen LogP contribution in [0.25, 0.3) is 0 Å². The Morgan fingerprint density at radius 1 is 0.750 bits per heavy atom. The summed E-state index contributed by atoms with van der Waals surface area (Å²) in [5.41, 5.74) is 4.87. The summed E-state index contributed by atoms with van der Waals surface area (Å²) in [5, 5.41) is 16.6. The van der Waals surface area contributed by atoms with Gasteiger partial charge in [-0.3, -0.25) is 43.3 Å². The first-order chi connectivity index (χ1) is 35.4. The molecule has 0 saturated heterocycles. The minimum atomic E-state index is -4.48. The number of nitrogens with zero attached hydrogens (tertiary/aromatic N) is 2. The summed E-state index contributed by atoms with van der Waals surface area (Å²) in [6.45, 7) is 18.3. The summed E-state index contributed by atoms with van der Waals surface area (Å²) in [5.74, 6) is -4.92. The van der Waals surface area contributed by atoms with E-state index in [-0.39, 0.29) is 72.1 Å². The highest BCUT2D eigenvalue weighted by atomic mass is 32.2. The minimum absolute atomic E-state index is 0.00104. The fourth-order valence-electron chi connectivity index (χ4n) is 8.58. The molecule has 9 N–H and O–H groups in total. The Labute approximate surface area is 447 Å². The molecule has 1 heterocycles. The topological polar surface area (TPSA) is 304 Å². The number of amides is 10. The molecule has 418 valence electrons. The number of unbranched alkanes of at least 4 members (excludes halogenated alkanes) is 2. The molecule has 0 spiro atoms. The Kier molecular flexibility index (Phi) is 23.6. The third-order valence-electron chi connectivity index (χ3n) is 13.2. The molecule has 5 atom stereocenters. The number of nitrogens with one attached hydrogen (secondary N) is 7. The Morgan fingerprint density at radius 3 is 1.89 bits per heavy atom. The van der Waals surface area contributed by atoms with Gasteiger partial charge in [-0.15, -0.1) is 0 Å². The highest BCUT2D eigenvalue weighted by Crippen LogP contribution is 2.29. The third kappa shape index (κ3) is 18.4. The van der Waals surface area contributed by atoms with Crippen LogP contribution in [-0.4, -0.2) is 129 Å². The van der Waals surface area contributed by atoms with Crippen LogP contribution < -0.4 is 42.4 Å². The van der Waals surface area contributed by atoms with Gasteiger partial charge in [0.05, 0.1) is 17.0 Å². The highest BCUT2D eigenvalue weighted by Gasteiger charge is 2.42. The number of carbonyl (C=O) groups excluding carboxylic acids is 9. The third-order valence-corrected chi connectivity index (χ3v) is 14.5. The number of sulfonamides is 1. The number of urea groups is 1. The van der Waals surface area contributed by atoms with Gasteiger partial charge in [-0.05, 0) is 86.7 Å². The lowest BCUT2D eigenvalue weighted by molar-refractivity contribution is -0.141. The van der Waals surface area contributed by atoms with E-state index in [1.165, 1.54) is 54.3 Å². The van der Waals surface area contributed by atoms with Gasteiger partial charge in [-0.25, -0.2) is 17.9 Å². The van der Waals surface area contributed by atoms with Crippen molar-refractivity contribution in [3.8, 4) is 0 Å². The molecule has 1 aliphatic heterocycles. The zero-order valence-corrected chi connectivity index (χ0v) is 46.8. The van der Waals surface area contributed by atoms with Crippen molar-refractivity contribution < 1.29 is 51.6 Å².